The van der Waals surface area contributed by atoms with Gasteiger partial charge in [-0.3, -0.25) is 0 Å². The molecule has 102 valence electrons. The predicted octanol–water partition coefficient (Wildman–Crippen LogP) is 4.21. The summed E-state index contributed by atoms with van der Waals surface area (Å²) < 4.78 is 1.10. The van der Waals surface area contributed by atoms with Crippen LogP contribution in [0.25, 0.3) is 0 Å². The van der Waals surface area contributed by atoms with Crippen molar-refractivity contribution in [3.63, 3.8) is 0 Å². The SMILES string of the molecule is CC(C)(C)NCc1ccc(Sc2ncc[nH]2)c(Br)c1. The van der Waals surface area contributed by atoms with Gasteiger partial charge in [0.05, 0.1) is 0 Å². The Morgan fingerprint density at radius 2 is 2.16 bits per heavy atom. The first-order valence-electron chi connectivity index (χ1n) is 6.15. The molecule has 0 saturated carbocycles. The second-order valence-electron chi connectivity index (χ2n) is 5.36. The lowest BCUT2D eigenvalue weighted by atomic mass is 10.1. The van der Waals surface area contributed by atoms with Gasteiger partial charge in [-0.1, -0.05) is 17.8 Å². The van der Waals surface area contributed by atoms with Crippen LogP contribution in [0.15, 0.2) is 45.1 Å². The van der Waals surface area contributed by atoms with Crippen LogP contribution in [0.1, 0.15) is 26.3 Å². The van der Waals surface area contributed by atoms with E-state index >= 15 is 0 Å². The molecule has 2 rings (SSSR count). The summed E-state index contributed by atoms with van der Waals surface area (Å²) in [5, 5.41) is 4.39. The average Bonchev–Trinajstić information content (AvgIpc) is 2.81. The molecule has 0 unspecified atom stereocenters. The molecule has 0 spiro atoms. The summed E-state index contributed by atoms with van der Waals surface area (Å²) in [5.74, 6) is 0. The van der Waals surface area contributed by atoms with E-state index in [9.17, 15) is 0 Å². The number of aromatic nitrogens is 2. The predicted molar refractivity (Wildman–Crippen MR) is 83.4 cm³/mol. The van der Waals surface area contributed by atoms with Crippen molar-refractivity contribution in [1.82, 2.24) is 15.3 Å². The van der Waals surface area contributed by atoms with E-state index in [4.69, 9.17) is 0 Å². The number of benzene rings is 1. The highest BCUT2D eigenvalue weighted by Gasteiger charge is 2.10. The fourth-order valence-corrected chi connectivity index (χ4v) is 2.93. The number of nitrogens with one attached hydrogen (secondary N) is 2. The molecule has 0 amide bonds. The van der Waals surface area contributed by atoms with E-state index in [-0.39, 0.29) is 5.54 Å². The summed E-state index contributed by atoms with van der Waals surface area (Å²) in [6.07, 6.45) is 3.59. The van der Waals surface area contributed by atoms with Crippen molar-refractivity contribution >= 4 is 27.7 Å². The van der Waals surface area contributed by atoms with Crippen molar-refractivity contribution in [2.75, 3.05) is 0 Å². The number of aromatic amines is 1. The van der Waals surface area contributed by atoms with Crippen molar-refractivity contribution in [2.24, 2.45) is 0 Å². The quantitative estimate of drug-likeness (QED) is 0.876. The van der Waals surface area contributed by atoms with Crippen LogP contribution in [-0.2, 0) is 6.54 Å². The van der Waals surface area contributed by atoms with Crippen LogP contribution < -0.4 is 5.32 Å². The van der Waals surface area contributed by atoms with Crippen molar-refractivity contribution in [3.8, 4) is 0 Å². The first kappa shape index (κ1) is 14.6. The average molecular weight is 340 g/mol. The third-order valence-corrected chi connectivity index (χ3v) is 4.41. The highest BCUT2D eigenvalue weighted by molar-refractivity contribution is 9.10. The van der Waals surface area contributed by atoms with Crippen LogP contribution in [0, 0.1) is 0 Å². The van der Waals surface area contributed by atoms with Crippen molar-refractivity contribution in [2.45, 2.75) is 42.9 Å². The normalized spacial score (nSPS) is 11.8. The van der Waals surface area contributed by atoms with Crippen LogP contribution in [-0.4, -0.2) is 15.5 Å². The van der Waals surface area contributed by atoms with Crippen LogP contribution in [0.3, 0.4) is 0 Å². The Balaban J connectivity index is 2.05. The maximum absolute atomic E-state index is 4.22. The lowest BCUT2D eigenvalue weighted by molar-refractivity contribution is 0.424. The number of H-pyrrole nitrogens is 1. The summed E-state index contributed by atoms with van der Waals surface area (Å²) in [7, 11) is 0. The van der Waals surface area contributed by atoms with E-state index in [0.29, 0.717) is 0 Å². The highest BCUT2D eigenvalue weighted by atomic mass is 79.9. The molecule has 1 aromatic carbocycles. The van der Waals surface area contributed by atoms with E-state index < -0.39 is 0 Å². The fourth-order valence-electron chi connectivity index (χ4n) is 1.52. The van der Waals surface area contributed by atoms with Crippen molar-refractivity contribution in [1.29, 1.82) is 0 Å². The zero-order valence-corrected chi connectivity index (χ0v) is 13.7. The lowest BCUT2D eigenvalue weighted by Crippen LogP contribution is -2.35. The number of hydrogen-bond donors (Lipinski definition) is 2. The number of imidazole rings is 1. The van der Waals surface area contributed by atoms with Gasteiger partial charge in [0.25, 0.3) is 0 Å². The molecule has 0 saturated heterocycles. The second kappa shape index (κ2) is 6.11. The Bertz CT molecular complexity index is 532. The van der Waals surface area contributed by atoms with Gasteiger partial charge < -0.3 is 10.3 Å². The third kappa shape index (κ3) is 4.67. The minimum Gasteiger partial charge on any atom is -0.339 e. The largest absolute Gasteiger partial charge is 0.339 e. The number of halogens is 1. The molecular formula is C14H18BrN3S. The Labute approximate surface area is 126 Å². The minimum absolute atomic E-state index is 0.133. The number of hydrogen-bond acceptors (Lipinski definition) is 3. The molecule has 2 N–H and O–H groups in total. The Morgan fingerprint density at radius 1 is 1.37 bits per heavy atom. The van der Waals surface area contributed by atoms with Gasteiger partial charge in [-0.2, -0.15) is 0 Å². The number of nitrogens with zero attached hydrogens (tertiary/aromatic N) is 1. The molecule has 5 heteroatoms. The van der Waals surface area contributed by atoms with Crippen LogP contribution in [0.5, 0.6) is 0 Å². The first-order valence-corrected chi connectivity index (χ1v) is 7.76. The van der Waals surface area contributed by atoms with E-state index in [1.807, 2.05) is 6.20 Å². The third-order valence-electron chi connectivity index (χ3n) is 2.50. The highest BCUT2D eigenvalue weighted by Crippen LogP contribution is 2.32. The summed E-state index contributed by atoms with van der Waals surface area (Å²) in [5.41, 5.74) is 1.40. The lowest BCUT2D eigenvalue weighted by Gasteiger charge is -2.20. The Morgan fingerprint density at radius 3 is 2.74 bits per heavy atom. The van der Waals surface area contributed by atoms with Gasteiger partial charge in [0.2, 0.25) is 0 Å². The maximum atomic E-state index is 4.22. The molecule has 1 aromatic heterocycles. The van der Waals surface area contributed by atoms with Crippen LogP contribution in [0.4, 0.5) is 0 Å². The topological polar surface area (TPSA) is 40.7 Å². The molecule has 0 aliphatic heterocycles. The van der Waals surface area contributed by atoms with E-state index in [0.717, 1.165) is 21.1 Å². The second-order valence-corrected chi connectivity index (χ2v) is 7.25. The Hall–Kier alpha value is -0.780. The van der Waals surface area contributed by atoms with E-state index in [1.54, 1.807) is 18.0 Å². The van der Waals surface area contributed by atoms with Gasteiger partial charge >= 0.3 is 0 Å². The summed E-state index contributed by atoms with van der Waals surface area (Å²) in [4.78, 5) is 8.47. The van der Waals surface area contributed by atoms with Gasteiger partial charge in [-0.25, -0.2) is 4.98 Å². The van der Waals surface area contributed by atoms with Crippen LogP contribution in [0.2, 0.25) is 0 Å². The van der Waals surface area contributed by atoms with Crippen LogP contribution >= 0.6 is 27.7 Å². The standard InChI is InChI=1S/C14H18BrN3S/c1-14(2,3)18-9-10-4-5-12(11(15)8-10)19-13-16-6-7-17-13/h4-8,18H,9H2,1-3H3,(H,16,17). The molecule has 0 aliphatic carbocycles. The van der Waals surface area contributed by atoms with Gasteiger partial charge in [0.1, 0.15) is 0 Å². The molecule has 0 fully saturated rings. The Kier molecular flexibility index (Phi) is 4.71. The zero-order valence-electron chi connectivity index (χ0n) is 11.3. The summed E-state index contributed by atoms with van der Waals surface area (Å²) >= 11 is 5.24. The van der Waals surface area contributed by atoms with Gasteiger partial charge in [-0.15, -0.1) is 0 Å². The maximum Gasteiger partial charge on any atom is 0.170 e. The smallest absolute Gasteiger partial charge is 0.170 e. The van der Waals surface area contributed by atoms with Gasteiger partial charge in [0, 0.05) is 33.8 Å². The van der Waals surface area contributed by atoms with Crippen molar-refractivity contribution < 1.29 is 0 Å². The zero-order chi connectivity index (χ0) is 13.9. The fraction of sp³-hybridized carbons (Fsp3) is 0.357. The van der Waals surface area contributed by atoms with Gasteiger partial charge in [0.15, 0.2) is 5.16 Å². The molecule has 2 aromatic rings. The molecule has 0 bridgehead atoms. The molecular weight excluding hydrogens is 322 g/mol. The van der Waals surface area contributed by atoms with E-state index in [1.165, 1.54) is 5.56 Å². The minimum atomic E-state index is 0.133. The number of rotatable bonds is 4. The van der Waals surface area contributed by atoms with Crippen molar-refractivity contribution in [3.05, 3.63) is 40.6 Å². The van der Waals surface area contributed by atoms with E-state index in [2.05, 4.69) is 70.2 Å². The molecule has 19 heavy (non-hydrogen) atoms. The summed E-state index contributed by atoms with van der Waals surface area (Å²) in [6.45, 7) is 7.38. The summed E-state index contributed by atoms with van der Waals surface area (Å²) in [6, 6.07) is 6.43. The molecule has 1 heterocycles. The first-order chi connectivity index (χ1) is 8.94. The van der Waals surface area contributed by atoms with Gasteiger partial charge in [-0.05, 0) is 54.4 Å². The molecule has 0 atom stereocenters. The molecule has 0 radical (unpaired) electrons. The molecule has 3 nitrogen and oxygen atoms in total. The monoisotopic (exact) mass is 339 g/mol. The molecule has 0 aliphatic rings.